The maximum atomic E-state index is 12.6. The first kappa shape index (κ1) is 16.2. The third kappa shape index (κ3) is 2.93. The van der Waals surface area contributed by atoms with Crippen LogP contribution in [0.4, 0.5) is 0 Å². The van der Waals surface area contributed by atoms with Crippen LogP contribution in [0.5, 0.6) is 0 Å². The molecule has 0 radical (unpaired) electrons. The molecule has 2 heterocycles. The summed E-state index contributed by atoms with van der Waals surface area (Å²) in [6.45, 7) is 5.97. The minimum atomic E-state index is 0.260. The molecule has 0 spiro atoms. The Hall–Kier alpha value is -0.940. The molecule has 6 rings (SSSR count). The molecule has 0 aromatic carbocycles. The first-order valence-electron chi connectivity index (χ1n) is 10.0. The van der Waals surface area contributed by atoms with Crippen LogP contribution in [0.15, 0.2) is 5.38 Å². The quantitative estimate of drug-likeness (QED) is 0.832. The summed E-state index contributed by atoms with van der Waals surface area (Å²) in [5, 5.41) is 3.08. The summed E-state index contributed by atoms with van der Waals surface area (Å²) in [4.78, 5) is 21.9. The summed E-state index contributed by atoms with van der Waals surface area (Å²) >= 11 is 1.64. The SMILES string of the molecule is Cc1nc(CC(=O)N2CCN(C34CC5CC(CC(C5)C3)C4)CC2)cs1. The van der Waals surface area contributed by atoms with Gasteiger partial charge in [0.2, 0.25) is 5.91 Å². The molecule has 1 aliphatic heterocycles. The summed E-state index contributed by atoms with van der Waals surface area (Å²) in [6, 6.07) is 0. The molecule has 1 saturated heterocycles. The molecule has 1 aromatic heterocycles. The van der Waals surface area contributed by atoms with Crippen LogP contribution in [0.3, 0.4) is 0 Å². The van der Waals surface area contributed by atoms with Gasteiger partial charge < -0.3 is 4.90 Å². The molecule has 5 fully saturated rings. The Morgan fingerprint density at radius 2 is 1.72 bits per heavy atom. The first-order chi connectivity index (χ1) is 12.1. The van der Waals surface area contributed by atoms with E-state index in [2.05, 4.69) is 14.8 Å². The minimum absolute atomic E-state index is 0.260. The van der Waals surface area contributed by atoms with Gasteiger partial charge >= 0.3 is 0 Å². The zero-order valence-corrected chi connectivity index (χ0v) is 16.1. The molecule has 1 aromatic rings. The van der Waals surface area contributed by atoms with E-state index in [0.29, 0.717) is 12.0 Å². The molecule has 0 N–H and O–H groups in total. The lowest BCUT2D eigenvalue weighted by molar-refractivity contribution is -0.137. The van der Waals surface area contributed by atoms with Gasteiger partial charge in [0, 0.05) is 37.1 Å². The average molecular weight is 360 g/mol. The molecule has 4 aliphatic carbocycles. The number of carbonyl (C=O) groups excluding carboxylic acids is 1. The van der Waals surface area contributed by atoms with E-state index in [9.17, 15) is 4.79 Å². The van der Waals surface area contributed by atoms with Crippen molar-refractivity contribution < 1.29 is 4.79 Å². The van der Waals surface area contributed by atoms with Crippen LogP contribution in [0.1, 0.15) is 49.2 Å². The van der Waals surface area contributed by atoms with Gasteiger partial charge in [-0.25, -0.2) is 4.98 Å². The van der Waals surface area contributed by atoms with E-state index in [0.717, 1.165) is 54.6 Å². The lowest BCUT2D eigenvalue weighted by Gasteiger charge is -2.61. The van der Waals surface area contributed by atoms with E-state index in [-0.39, 0.29) is 5.91 Å². The smallest absolute Gasteiger partial charge is 0.228 e. The highest BCUT2D eigenvalue weighted by atomic mass is 32.1. The first-order valence-corrected chi connectivity index (χ1v) is 10.9. The summed E-state index contributed by atoms with van der Waals surface area (Å²) in [6.07, 6.45) is 9.29. The maximum Gasteiger partial charge on any atom is 0.228 e. The van der Waals surface area contributed by atoms with E-state index in [1.54, 1.807) is 11.3 Å². The van der Waals surface area contributed by atoms with Crippen LogP contribution in [-0.2, 0) is 11.2 Å². The molecule has 5 heteroatoms. The van der Waals surface area contributed by atoms with Crippen LogP contribution in [0.25, 0.3) is 0 Å². The topological polar surface area (TPSA) is 36.4 Å². The third-order valence-corrected chi connectivity index (χ3v) is 8.13. The van der Waals surface area contributed by atoms with Gasteiger partial charge in [0.05, 0.1) is 17.1 Å². The monoisotopic (exact) mass is 359 g/mol. The lowest BCUT2D eigenvalue weighted by Crippen LogP contribution is -2.64. The molecule has 1 amide bonds. The molecule has 0 atom stereocenters. The number of amides is 1. The van der Waals surface area contributed by atoms with Crippen molar-refractivity contribution in [1.29, 1.82) is 0 Å². The van der Waals surface area contributed by atoms with Gasteiger partial charge in [-0.1, -0.05) is 0 Å². The highest BCUT2D eigenvalue weighted by molar-refractivity contribution is 7.09. The Bertz CT molecular complexity index is 626. The number of thiazole rings is 1. The molecule has 0 unspecified atom stereocenters. The standard InChI is InChI=1S/C20H29N3OS/c1-14-21-18(13-25-14)9-19(24)22-2-4-23(5-3-22)20-10-15-6-16(11-20)8-17(7-15)12-20/h13,15-17H,2-12H2,1H3. The zero-order valence-electron chi connectivity index (χ0n) is 15.2. The summed E-state index contributed by atoms with van der Waals surface area (Å²) in [5.74, 6) is 3.26. The van der Waals surface area contributed by atoms with Crippen molar-refractivity contribution in [2.75, 3.05) is 26.2 Å². The average Bonchev–Trinajstić information content (AvgIpc) is 2.98. The van der Waals surface area contributed by atoms with Gasteiger partial charge in [-0.05, 0) is 63.2 Å². The van der Waals surface area contributed by atoms with Crippen molar-refractivity contribution in [3.8, 4) is 0 Å². The largest absolute Gasteiger partial charge is 0.340 e. The van der Waals surface area contributed by atoms with Gasteiger partial charge in [0.15, 0.2) is 0 Å². The normalized spacial score (nSPS) is 37.6. The van der Waals surface area contributed by atoms with Gasteiger partial charge in [-0.3, -0.25) is 9.69 Å². The van der Waals surface area contributed by atoms with Crippen molar-refractivity contribution in [3.63, 3.8) is 0 Å². The number of nitrogens with zero attached hydrogens (tertiary/aromatic N) is 3. The van der Waals surface area contributed by atoms with E-state index < -0.39 is 0 Å². The fourth-order valence-electron chi connectivity index (χ4n) is 6.64. The summed E-state index contributed by atoms with van der Waals surface area (Å²) < 4.78 is 0. The molecule has 4 nitrogen and oxygen atoms in total. The Morgan fingerprint density at radius 3 is 2.24 bits per heavy atom. The van der Waals surface area contributed by atoms with Crippen LogP contribution in [-0.4, -0.2) is 52.4 Å². The molecule has 25 heavy (non-hydrogen) atoms. The predicted molar refractivity (Wildman–Crippen MR) is 99.6 cm³/mol. The van der Waals surface area contributed by atoms with Crippen LogP contribution >= 0.6 is 11.3 Å². The molecule has 4 bridgehead atoms. The van der Waals surface area contributed by atoms with Gasteiger partial charge in [0.25, 0.3) is 0 Å². The van der Waals surface area contributed by atoms with Crippen molar-refractivity contribution in [1.82, 2.24) is 14.8 Å². The highest BCUT2D eigenvalue weighted by Crippen LogP contribution is 2.57. The van der Waals surface area contributed by atoms with Crippen molar-refractivity contribution in [3.05, 3.63) is 16.1 Å². The number of aryl methyl sites for hydroxylation is 1. The second-order valence-corrected chi connectivity index (χ2v) is 10.1. The molecular weight excluding hydrogens is 330 g/mol. The van der Waals surface area contributed by atoms with E-state index in [4.69, 9.17) is 0 Å². The number of piperazine rings is 1. The van der Waals surface area contributed by atoms with E-state index in [1.807, 2.05) is 12.3 Å². The Balaban J connectivity index is 1.21. The molecular formula is C20H29N3OS. The van der Waals surface area contributed by atoms with Crippen LogP contribution < -0.4 is 0 Å². The number of hydrogen-bond donors (Lipinski definition) is 0. The minimum Gasteiger partial charge on any atom is -0.340 e. The van der Waals surface area contributed by atoms with Crippen molar-refractivity contribution in [2.45, 2.75) is 57.4 Å². The number of aromatic nitrogens is 1. The van der Waals surface area contributed by atoms with Crippen molar-refractivity contribution >= 4 is 17.2 Å². The number of rotatable bonds is 3. The summed E-state index contributed by atoms with van der Waals surface area (Å²) in [5.41, 5.74) is 1.44. The zero-order chi connectivity index (χ0) is 17.0. The number of carbonyl (C=O) groups is 1. The fraction of sp³-hybridized carbons (Fsp3) is 0.800. The van der Waals surface area contributed by atoms with Gasteiger partial charge in [-0.2, -0.15) is 0 Å². The van der Waals surface area contributed by atoms with Gasteiger partial charge in [0.1, 0.15) is 0 Å². The van der Waals surface area contributed by atoms with Crippen molar-refractivity contribution in [2.24, 2.45) is 17.8 Å². The Labute approximate surface area is 154 Å². The highest BCUT2D eigenvalue weighted by Gasteiger charge is 2.53. The molecule has 136 valence electrons. The van der Waals surface area contributed by atoms with Crippen LogP contribution in [0.2, 0.25) is 0 Å². The lowest BCUT2D eigenvalue weighted by atomic mass is 9.52. The second-order valence-electron chi connectivity index (χ2n) is 9.04. The van der Waals surface area contributed by atoms with Gasteiger partial charge in [-0.15, -0.1) is 11.3 Å². The summed E-state index contributed by atoms with van der Waals surface area (Å²) in [7, 11) is 0. The Morgan fingerprint density at radius 1 is 1.12 bits per heavy atom. The molecule has 5 aliphatic rings. The van der Waals surface area contributed by atoms with E-state index in [1.165, 1.54) is 38.5 Å². The van der Waals surface area contributed by atoms with E-state index >= 15 is 0 Å². The van der Waals surface area contributed by atoms with Crippen LogP contribution in [0, 0.1) is 24.7 Å². The third-order valence-electron chi connectivity index (χ3n) is 7.31. The predicted octanol–water partition coefficient (Wildman–Crippen LogP) is 3.11. The second kappa shape index (κ2) is 6.05. The number of hydrogen-bond acceptors (Lipinski definition) is 4. The maximum absolute atomic E-state index is 12.6. The fourth-order valence-corrected chi connectivity index (χ4v) is 7.25. The Kier molecular flexibility index (Phi) is 3.93. The molecule has 4 saturated carbocycles.